The minimum absolute atomic E-state index is 0.113. The number of nitrogens with zero attached hydrogens (tertiary/aromatic N) is 1. The van der Waals surface area contributed by atoms with Crippen LogP contribution >= 0.6 is 27.7 Å². The lowest BCUT2D eigenvalue weighted by Gasteiger charge is -2.37. The Bertz CT molecular complexity index is 367. The summed E-state index contributed by atoms with van der Waals surface area (Å²) in [5, 5.41) is 0. The van der Waals surface area contributed by atoms with E-state index in [2.05, 4.69) is 72.2 Å². The number of benzene rings is 1. The second kappa shape index (κ2) is 8.30. The molecule has 0 aromatic heterocycles. The van der Waals surface area contributed by atoms with Crippen LogP contribution in [0.2, 0.25) is 0 Å². The fourth-order valence-corrected chi connectivity index (χ4v) is 3.63. The molecule has 2 N–H and O–H groups in total. The molecule has 0 aliphatic heterocycles. The van der Waals surface area contributed by atoms with E-state index in [0.29, 0.717) is 6.04 Å². The third-order valence-electron chi connectivity index (χ3n) is 3.55. The van der Waals surface area contributed by atoms with Gasteiger partial charge in [0.05, 0.1) is 0 Å². The van der Waals surface area contributed by atoms with Crippen LogP contribution < -0.4 is 5.73 Å². The molecule has 0 fully saturated rings. The molecular weight excluding hydrogens is 320 g/mol. The fourth-order valence-electron chi connectivity index (χ4n) is 2.51. The molecule has 0 saturated carbocycles. The Balaban J connectivity index is 2.96. The van der Waals surface area contributed by atoms with Crippen LogP contribution in [-0.4, -0.2) is 36.0 Å². The highest BCUT2D eigenvalue weighted by Crippen LogP contribution is 2.27. The second-order valence-electron chi connectivity index (χ2n) is 5.04. The van der Waals surface area contributed by atoms with Crippen LogP contribution in [-0.2, 0) is 0 Å². The summed E-state index contributed by atoms with van der Waals surface area (Å²) >= 11 is 5.39. The summed E-state index contributed by atoms with van der Waals surface area (Å²) < 4.78 is 1.11. The van der Waals surface area contributed by atoms with Gasteiger partial charge in [0.15, 0.2) is 0 Å². The Morgan fingerprint density at radius 1 is 1.32 bits per heavy atom. The summed E-state index contributed by atoms with van der Waals surface area (Å²) in [6.45, 7) is 4.34. The van der Waals surface area contributed by atoms with Crippen LogP contribution in [0.5, 0.6) is 0 Å². The minimum Gasteiger partial charge on any atom is -0.326 e. The van der Waals surface area contributed by atoms with Gasteiger partial charge in [0.1, 0.15) is 0 Å². The van der Waals surface area contributed by atoms with E-state index < -0.39 is 0 Å². The van der Waals surface area contributed by atoms with Gasteiger partial charge in [0.25, 0.3) is 0 Å². The van der Waals surface area contributed by atoms with Gasteiger partial charge >= 0.3 is 0 Å². The van der Waals surface area contributed by atoms with Gasteiger partial charge in [-0.25, -0.2) is 0 Å². The first-order chi connectivity index (χ1) is 9.01. The van der Waals surface area contributed by atoms with Gasteiger partial charge in [0.2, 0.25) is 0 Å². The summed E-state index contributed by atoms with van der Waals surface area (Å²) in [4.78, 5) is 2.43. The van der Waals surface area contributed by atoms with E-state index in [-0.39, 0.29) is 12.1 Å². The summed E-state index contributed by atoms with van der Waals surface area (Å²) in [5.74, 6) is 1.15. The molecule has 2 nitrogen and oxygen atoms in total. The van der Waals surface area contributed by atoms with Crippen LogP contribution in [0, 0.1) is 0 Å². The molecule has 3 unspecified atom stereocenters. The third-order valence-corrected chi connectivity index (χ3v) is 4.80. The highest BCUT2D eigenvalue weighted by atomic mass is 79.9. The van der Waals surface area contributed by atoms with Crippen molar-refractivity contribution in [3.05, 3.63) is 34.3 Å². The molecule has 0 aliphatic rings. The number of halogens is 1. The van der Waals surface area contributed by atoms with Gasteiger partial charge < -0.3 is 5.73 Å². The Morgan fingerprint density at radius 3 is 2.32 bits per heavy atom. The summed E-state index contributed by atoms with van der Waals surface area (Å²) in [6, 6.07) is 9.46. The summed E-state index contributed by atoms with van der Waals surface area (Å²) in [7, 11) is 2.19. The maximum atomic E-state index is 6.24. The van der Waals surface area contributed by atoms with E-state index in [1.165, 1.54) is 5.56 Å². The van der Waals surface area contributed by atoms with E-state index in [9.17, 15) is 0 Å². The number of rotatable bonds is 7. The van der Waals surface area contributed by atoms with Crippen molar-refractivity contribution in [2.24, 2.45) is 5.73 Å². The highest BCUT2D eigenvalue weighted by molar-refractivity contribution is 9.10. The van der Waals surface area contributed by atoms with Crippen LogP contribution in [0.25, 0.3) is 0 Å². The third kappa shape index (κ3) is 4.78. The number of hydrogen-bond donors (Lipinski definition) is 1. The Labute approximate surface area is 130 Å². The van der Waals surface area contributed by atoms with Gasteiger partial charge in [-0.05, 0) is 44.3 Å². The van der Waals surface area contributed by atoms with Crippen molar-refractivity contribution in [1.82, 2.24) is 4.90 Å². The standard InChI is InChI=1S/C15H25BrN2S/c1-5-14(10-19-4)18(3)15(11(2)17)12-6-8-13(16)9-7-12/h6-9,11,14-15H,5,10,17H2,1-4H3. The van der Waals surface area contributed by atoms with E-state index in [0.717, 1.165) is 16.6 Å². The molecule has 1 aromatic rings. The number of likely N-dealkylation sites (N-methyl/N-ethyl adjacent to an activating group) is 1. The SMILES string of the molecule is CCC(CSC)N(C)C(c1ccc(Br)cc1)C(C)N. The highest BCUT2D eigenvalue weighted by Gasteiger charge is 2.25. The summed E-state index contributed by atoms with van der Waals surface area (Å²) in [5.41, 5.74) is 7.53. The maximum Gasteiger partial charge on any atom is 0.0496 e. The first kappa shape index (κ1) is 17.0. The molecule has 4 heteroatoms. The van der Waals surface area contributed by atoms with Crippen molar-refractivity contribution in [3.63, 3.8) is 0 Å². The fraction of sp³-hybridized carbons (Fsp3) is 0.600. The molecule has 0 saturated heterocycles. The van der Waals surface area contributed by atoms with Crippen molar-refractivity contribution in [2.45, 2.75) is 38.4 Å². The van der Waals surface area contributed by atoms with Gasteiger partial charge in [-0.2, -0.15) is 11.8 Å². The monoisotopic (exact) mass is 344 g/mol. The normalized spacial score (nSPS) is 16.4. The van der Waals surface area contributed by atoms with Crippen LogP contribution in [0.4, 0.5) is 0 Å². The van der Waals surface area contributed by atoms with Crippen molar-refractivity contribution < 1.29 is 0 Å². The lowest BCUT2D eigenvalue weighted by Crippen LogP contribution is -2.43. The topological polar surface area (TPSA) is 29.3 Å². The first-order valence-electron chi connectivity index (χ1n) is 6.73. The lowest BCUT2D eigenvalue weighted by molar-refractivity contribution is 0.164. The van der Waals surface area contributed by atoms with E-state index in [4.69, 9.17) is 5.73 Å². The van der Waals surface area contributed by atoms with Gasteiger partial charge in [0, 0.05) is 28.4 Å². The van der Waals surface area contributed by atoms with Crippen LogP contribution in [0.1, 0.15) is 31.9 Å². The number of thioether (sulfide) groups is 1. The van der Waals surface area contributed by atoms with E-state index in [1.807, 2.05) is 11.8 Å². The van der Waals surface area contributed by atoms with Crippen molar-refractivity contribution >= 4 is 27.7 Å². The smallest absolute Gasteiger partial charge is 0.0496 e. The van der Waals surface area contributed by atoms with E-state index in [1.54, 1.807) is 0 Å². The predicted octanol–water partition coefficient (Wildman–Crippen LogP) is 3.91. The quantitative estimate of drug-likeness (QED) is 0.812. The molecule has 0 amide bonds. The van der Waals surface area contributed by atoms with Gasteiger partial charge in [-0.15, -0.1) is 0 Å². The van der Waals surface area contributed by atoms with Crippen molar-refractivity contribution in [1.29, 1.82) is 0 Å². The zero-order chi connectivity index (χ0) is 14.4. The Hall–Kier alpha value is -0.0300. The minimum atomic E-state index is 0.113. The second-order valence-corrected chi connectivity index (χ2v) is 6.86. The lowest BCUT2D eigenvalue weighted by atomic mass is 9.98. The first-order valence-corrected chi connectivity index (χ1v) is 8.91. The molecule has 0 spiro atoms. The molecule has 0 aliphatic carbocycles. The molecule has 0 heterocycles. The zero-order valence-electron chi connectivity index (χ0n) is 12.3. The molecule has 0 bridgehead atoms. The van der Waals surface area contributed by atoms with Gasteiger partial charge in [-0.1, -0.05) is 35.0 Å². The predicted molar refractivity (Wildman–Crippen MR) is 90.8 cm³/mol. The summed E-state index contributed by atoms with van der Waals surface area (Å²) in [6.07, 6.45) is 3.31. The largest absolute Gasteiger partial charge is 0.326 e. The average molecular weight is 345 g/mol. The zero-order valence-corrected chi connectivity index (χ0v) is 14.7. The Morgan fingerprint density at radius 2 is 1.89 bits per heavy atom. The van der Waals surface area contributed by atoms with Crippen molar-refractivity contribution in [2.75, 3.05) is 19.1 Å². The molecule has 1 aromatic carbocycles. The van der Waals surface area contributed by atoms with E-state index >= 15 is 0 Å². The molecule has 19 heavy (non-hydrogen) atoms. The molecule has 1 rings (SSSR count). The average Bonchev–Trinajstić information content (AvgIpc) is 2.38. The van der Waals surface area contributed by atoms with Crippen LogP contribution in [0.15, 0.2) is 28.7 Å². The molecule has 3 atom stereocenters. The molecule has 108 valence electrons. The van der Waals surface area contributed by atoms with Gasteiger partial charge in [-0.3, -0.25) is 4.90 Å². The number of hydrogen-bond acceptors (Lipinski definition) is 3. The molecular formula is C15H25BrN2S. The molecule has 0 radical (unpaired) electrons. The Kier molecular flexibility index (Phi) is 7.44. The van der Waals surface area contributed by atoms with Crippen molar-refractivity contribution in [3.8, 4) is 0 Å². The number of nitrogens with two attached hydrogens (primary N) is 1. The maximum absolute atomic E-state index is 6.24. The van der Waals surface area contributed by atoms with Crippen LogP contribution in [0.3, 0.4) is 0 Å².